The monoisotopic (exact) mass is 619 g/mol. The minimum atomic E-state index is -0.178. The summed E-state index contributed by atoms with van der Waals surface area (Å²) in [6, 6.07) is 17.4. The van der Waals surface area contributed by atoms with Crippen molar-refractivity contribution in [1.82, 2.24) is 20.8 Å². The Morgan fingerprint density at radius 3 is 2.30 bits per heavy atom. The van der Waals surface area contributed by atoms with Crippen LogP contribution in [0.25, 0.3) is 0 Å². The van der Waals surface area contributed by atoms with E-state index in [0.717, 1.165) is 53.8 Å². The summed E-state index contributed by atoms with van der Waals surface area (Å²) in [4.78, 5) is 34.1. The van der Waals surface area contributed by atoms with Crippen LogP contribution in [0, 0.1) is 5.92 Å². The van der Waals surface area contributed by atoms with Crippen LogP contribution < -0.4 is 27.4 Å². The van der Waals surface area contributed by atoms with Gasteiger partial charge in [-0.15, -0.1) is 10.2 Å². The third-order valence-corrected chi connectivity index (χ3v) is 6.99. The predicted octanol–water partition coefficient (Wildman–Crippen LogP) is 4.38. The van der Waals surface area contributed by atoms with Gasteiger partial charge in [0, 0.05) is 25.1 Å². The molecule has 0 radical (unpaired) electrons. The Balaban J connectivity index is 0.00000102. The number of hydrogen-bond donors (Lipinski definition) is 5. The summed E-state index contributed by atoms with van der Waals surface area (Å²) in [7, 11) is 1.89. The van der Waals surface area contributed by atoms with Gasteiger partial charge >= 0.3 is 0 Å². The van der Waals surface area contributed by atoms with Gasteiger partial charge in [-0.1, -0.05) is 79.8 Å². The smallest absolute Gasteiger partial charge is 0.230 e. The quantitative estimate of drug-likeness (QED) is 0.0895. The number of anilines is 1. The maximum absolute atomic E-state index is 12.4. The number of aryl methyl sites for hydroxylation is 1. The third-order valence-electron chi connectivity index (χ3n) is 6.09. The predicted molar refractivity (Wildman–Crippen MR) is 177 cm³/mol. The van der Waals surface area contributed by atoms with Gasteiger partial charge in [0.2, 0.25) is 16.9 Å². The average molecular weight is 620 g/mol. The van der Waals surface area contributed by atoms with E-state index in [1.54, 1.807) is 12.2 Å². The number of aromatic nitrogens is 2. The maximum Gasteiger partial charge on any atom is 0.230 e. The summed E-state index contributed by atoms with van der Waals surface area (Å²) < 4.78 is 0. The molecule has 0 aliphatic carbocycles. The van der Waals surface area contributed by atoms with E-state index in [2.05, 4.69) is 26.1 Å². The zero-order chi connectivity index (χ0) is 32.2. The zero-order valence-electron chi connectivity index (χ0n) is 25.8. The lowest BCUT2D eigenvalue weighted by Gasteiger charge is -2.05. The minimum absolute atomic E-state index is 0.115. The van der Waals surface area contributed by atoms with Crippen LogP contribution >= 0.6 is 11.3 Å². The molecule has 1 heterocycles. The Hall–Kier alpha value is -4.35. The van der Waals surface area contributed by atoms with Gasteiger partial charge in [0.05, 0.1) is 12.8 Å². The van der Waals surface area contributed by atoms with Crippen molar-refractivity contribution in [2.75, 3.05) is 12.4 Å². The topological polar surface area (TPSA) is 165 Å². The Bertz CT molecular complexity index is 1370. The molecule has 0 aliphatic heterocycles. The Morgan fingerprint density at radius 2 is 1.61 bits per heavy atom. The Labute approximate surface area is 264 Å². The molecule has 2 amide bonds. The van der Waals surface area contributed by atoms with Crippen LogP contribution in [0.3, 0.4) is 0 Å². The molecular formula is C33H45N7O3S. The first-order valence-corrected chi connectivity index (χ1v) is 15.5. The largest absolute Gasteiger partial charge is 0.402 e. The van der Waals surface area contributed by atoms with E-state index in [-0.39, 0.29) is 30.5 Å². The van der Waals surface area contributed by atoms with Crippen molar-refractivity contribution in [3.05, 3.63) is 100.0 Å². The second kappa shape index (κ2) is 20.5. The second-order valence-electron chi connectivity index (χ2n) is 10.7. The SMILES string of the molecule is CC(C)CC=O.CNCc1cccc(CC(=O)Nc2nnc(CCCC/C(N)=C/C=C(\N)NC(=O)Cc3ccccc3)s2)c1. The van der Waals surface area contributed by atoms with E-state index in [4.69, 9.17) is 11.5 Å². The molecule has 3 aromatic rings. The highest BCUT2D eigenvalue weighted by molar-refractivity contribution is 7.15. The van der Waals surface area contributed by atoms with E-state index < -0.39 is 0 Å². The van der Waals surface area contributed by atoms with Gasteiger partial charge in [-0.25, -0.2) is 0 Å². The van der Waals surface area contributed by atoms with Gasteiger partial charge in [0.15, 0.2) is 0 Å². The average Bonchev–Trinajstić information content (AvgIpc) is 3.42. The lowest BCUT2D eigenvalue weighted by molar-refractivity contribution is -0.119. The fourth-order valence-corrected chi connectivity index (χ4v) is 4.71. The number of hydrogen-bond acceptors (Lipinski definition) is 9. The van der Waals surface area contributed by atoms with Crippen molar-refractivity contribution in [3.8, 4) is 0 Å². The van der Waals surface area contributed by atoms with Crippen molar-refractivity contribution in [2.45, 2.75) is 65.3 Å². The number of nitrogens with two attached hydrogens (primary N) is 2. The second-order valence-corrected chi connectivity index (χ2v) is 11.7. The third kappa shape index (κ3) is 15.8. The number of carbonyl (C=O) groups excluding carboxylic acids is 3. The van der Waals surface area contributed by atoms with Gasteiger partial charge in [0.1, 0.15) is 17.1 Å². The lowest BCUT2D eigenvalue weighted by atomic mass is 10.1. The zero-order valence-corrected chi connectivity index (χ0v) is 26.7. The molecule has 0 atom stereocenters. The molecule has 0 spiro atoms. The van der Waals surface area contributed by atoms with Crippen LogP contribution in [0.2, 0.25) is 0 Å². The molecule has 3 rings (SSSR count). The summed E-state index contributed by atoms with van der Waals surface area (Å²) in [6.45, 7) is 4.80. The molecule has 44 heavy (non-hydrogen) atoms. The van der Waals surface area contributed by atoms with Crippen LogP contribution in [-0.2, 0) is 40.2 Å². The van der Waals surface area contributed by atoms with E-state index in [1.165, 1.54) is 11.3 Å². The molecule has 2 aromatic carbocycles. The van der Waals surface area contributed by atoms with Gasteiger partial charge in [-0.2, -0.15) is 0 Å². The number of nitrogens with one attached hydrogen (secondary N) is 3. The fourth-order valence-electron chi connectivity index (χ4n) is 3.91. The van der Waals surface area contributed by atoms with E-state index in [9.17, 15) is 14.4 Å². The molecule has 11 heteroatoms. The fraction of sp³-hybridized carbons (Fsp3) is 0.364. The number of nitrogens with zero attached hydrogens (tertiary/aromatic N) is 2. The number of carbonyl (C=O) groups is 3. The molecule has 0 fully saturated rings. The van der Waals surface area contributed by atoms with Gasteiger partial charge < -0.3 is 32.2 Å². The van der Waals surface area contributed by atoms with Crippen LogP contribution in [0.1, 0.15) is 61.2 Å². The number of unbranched alkanes of at least 4 members (excludes halogenated alkanes) is 1. The van der Waals surface area contributed by atoms with Crippen molar-refractivity contribution in [2.24, 2.45) is 17.4 Å². The normalized spacial score (nSPS) is 11.5. The molecule has 0 saturated carbocycles. The first-order chi connectivity index (χ1) is 21.2. The van der Waals surface area contributed by atoms with Crippen molar-refractivity contribution in [3.63, 3.8) is 0 Å². The summed E-state index contributed by atoms with van der Waals surface area (Å²) in [5.74, 6) is 0.490. The van der Waals surface area contributed by atoms with Crippen molar-refractivity contribution >= 4 is 34.6 Å². The summed E-state index contributed by atoms with van der Waals surface area (Å²) in [5.41, 5.74) is 15.7. The summed E-state index contributed by atoms with van der Waals surface area (Å²) in [6.07, 6.45) is 8.69. The van der Waals surface area contributed by atoms with Gasteiger partial charge in [0.25, 0.3) is 0 Å². The van der Waals surface area contributed by atoms with E-state index >= 15 is 0 Å². The molecule has 0 unspecified atom stereocenters. The highest BCUT2D eigenvalue weighted by Crippen LogP contribution is 2.18. The number of allylic oxidation sites excluding steroid dienone is 3. The van der Waals surface area contributed by atoms with Crippen LogP contribution in [-0.4, -0.2) is 35.3 Å². The van der Waals surface area contributed by atoms with E-state index in [0.29, 0.717) is 29.6 Å². The first kappa shape index (κ1) is 35.8. The molecule has 0 saturated heterocycles. The molecular weight excluding hydrogens is 574 g/mol. The molecule has 0 bridgehead atoms. The van der Waals surface area contributed by atoms with E-state index in [1.807, 2.05) is 75.5 Å². The minimum Gasteiger partial charge on any atom is -0.402 e. The number of amides is 2. The van der Waals surface area contributed by atoms with Crippen LogP contribution in [0.4, 0.5) is 5.13 Å². The van der Waals surface area contributed by atoms with Crippen molar-refractivity contribution < 1.29 is 14.4 Å². The molecule has 7 N–H and O–H groups in total. The molecule has 10 nitrogen and oxygen atoms in total. The highest BCUT2D eigenvalue weighted by Gasteiger charge is 2.10. The first-order valence-electron chi connectivity index (χ1n) is 14.7. The Morgan fingerprint density at radius 1 is 0.909 bits per heavy atom. The number of rotatable bonds is 16. The van der Waals surface area contributed by atoms with Gasteiger partial charge in [-0.05, 0) is 61.1 Å². The van der Waals surface area contributed by atoms with Crippen molar-refractivity contribution in [1.29, 1.82) is 0 Å². The summed E-state index contributed by atoms with van der Waals surface area (Å²) >= 11 is 1.39. The standard InChI is InChI=1S/C28H35N7O2S.C5H10O/c1-31-19-22-11-7-10-21(16-22)18-26(37)33-28-35-34-27(38-28)13-6-5-12-23(29)14-15-24(30)32-25(36)17-20-8-3-2-4-9-20;1-5(2)3-4-6/h2-4,7-11,14-16,31H,5-6,12-13,17-19,29-30H2,1H3,(H,32,36)(H,33,35,37);4-5H,3H2,1-2H3/b23-14-,24-15+;. The number of aldehydes is 1. The molecule has 236 valence electrons. The van der Waals surface area contributed by atoms with Crippen LogP contribution in [0.15, 0.2) is 78.3 Å². The Kier molecular flexibility index (Phi) is 16.7. The lowest BCUT2D eigenvalue weighted by Crippen LogP contribution is -2.28. The number of benzene rings is 2. The highest BCUT2D eigenvalue weighted by atomic mass is 32.1. The summed E-state index contributed by atoms with van der Waals surface area (Å²) in [5, 5.41) is 18.3. The molecule has 0 aliphatic rings. The molecule has 1 aromatic heterocycles. The maximum atomic E-state index is 12.4. The van der Waals surface area contributed by atoms with Gasteiger partial charge in [-0.3, -0.25) is 9.59 Å². The van der Waals surface area contributed by atoms with Crippen LogP contribution in [0.5, 0.6) is 0 Å².